The van der Waals surface area contributed by atoms with E-state index in [2.05, 4.69) is 10.6 Å². The van der Waals surface area contributed by atoms with Gasteiger partial charge in [0.25, 0.3) is 11.8 Å². The summed E-state index contributed by atoms with van der Waals surface area (Å²) in [5.74, 6) is 0.595. The van der Waals surface area contributed by atoms with Crippen molar-refractivity contribution >= 4 is 23.2 Å². The van der Waals surface area contributed by atoms with E-state index < -0.39 is 0 Å². The fraction of sp³-hybridized carbons (Fsp3) is 0.167. The molecular formula is C24H24N2O4. The number of carbonyl (C=O) groups is 2. The van der Waals surface area contributed by atoms with Crippen LogP contribution in [0.15, 0.2) is 72.8 Å². The molecule has 2 N–H and O–H groups in total. The van der Waals surface area contributed by atoms with Crippen LogP contribution < -0.4 is 20.1 Å². The Morgan fingerprint density at radius 1 is 0.800 bits per heavy atom. The van der Waals surface area contributed by atoms with Gasteiger partial charge in [-0.25, -0.2) is 0 Å². The minimum absolute atomic E-state index is 0.158. The Kier molecular flexibility index (Phi) is 7.05. The van der Waals surface area contributed by atoms with Crippen molar-refractivity contribution < 1.29 is 19.1 Å². The van der Waals surface area contributed by atoms with Crippen molar-refractivity contribution in [2.45, 2.75) is 13.8 Å². The Morgan fingerprint density at radius 2 is 1.47 bits per heavy atom. The monoisotopic (exact) mass is 404 g/mol. The number of ether oxygens (including phenoxy) is 2. The number of carbonyl (C=O) groups excluding carboxylic acids is 2. The van der Waals surface area contributed by atoms with E-state index in [0.717, 1.165) is 11.3 Å². The normalized spacial score (nSPS) is 10.2. The number of para-hydroxylation sites is 3. The Balaban J connectivity index is 1.54. The van der Waals surface area contributed by atoms with Crippen molar-refractivity contribution in [1.29, 1.82) is 0 Å². The van der Waals surface area contributed by atoms with E-state index in [9.17, 15) is 9.59 Å². The van der Waals surface area contributed by atoms with Gasteiger partial charge in [0.1, 0.15) is 11.5 Å². The molecule has 6 heteroatoms. The minimum atomic E-state index is -0.302. The van der Waals surface area contributed by atoms with Crippen molar-refractivity contribution in [2.75, 3.05) is 23.8 Å². The molecule has 154 valence electrons. The Morgan fingerprint density at radius 3 is 2.17 bits per heavy atom. The molecule has 0 saturated carbocycles. The summed E-state index contributed by atoms with van der Waals surface area (Å²) in [4.78, 5) is 24.6. The first-order valence-corrected chi connectivity index (χ1v) is 9.68. The zero-order chi connectivity index (χ0) is 21.3. The molecule has 3 rings (SSSR count). The van der Waals surface area contributed by atoms with Gasteiger partial charge in [-0.1, -0.05) is 30.3 Å². The molecule has 0 aliphatic rings. The number of nitrogens with one attached hydrogen (secondary N) is 2. The van der Waals surface area contributed by atoms with Crippen LogP contribution in [0.25, 0.3) is 0 Å². The van der Waals surface area contributed by atoms with Crippen molar-refractivity contribution in [1.82, 2.24) is 0 Å². The second kappa shape index (κ2) is 10.1. The largest absolute Gasteiger partial charge is 0.492 e. The maximum absolute atomic E-state index is 12.4. The molecular weight excluding hydrogens is 380 g/mol. The summed E-state index contributed by atoms with van der Waals surface area (Å²) in [5.41, 5.74) is 2.85. The molecule has 3 aromatic rings. The summed E-state index contributed by atoms with van der Waals surface area (Å²) in [6.45, 7) is 4.17. The number of hydrogen-bond donors (Lipinski definition) is 2. The van der Waals surface area contributed by atoms with Gasteiger partial charge in [0.2, 0.25) is 0 Å². The third-order valence-electron chi connectivity index (χ3n) is 4.34. The van der Waals surface area contributed by atoms with Gasteiger partial charge in [0.05, 0.1) is 12.3 Å². The molecule has 3 aromatic carbocycles. The lowest BCUT2D eigenvalue weighted by molar-refractivity contribution is -0.118. The number of benzene rings is 3. The maximum Gasteiger partial charge on any atom is 0.262 e. The topological polar surface area (TPSA) is 76.7 Å². The summed E-state index contributed by atoms with van der Waals surface area (Å²) in [5, 5.41) is 5.66. The molecule has 0 aliphatic carbocycles. The van der Waals surface area contributed by atoms with Crippen molar-refractivity contribution in [3.8, 4) is 11.5 Å². The predicted octanol–water partition coefficient (Wildman–Crippen LogP) is 4.66. The molecule has 0 fully saturated rings. The molecule has 0 bridgehead atoms. The maximum atomic E-state index is 12.4. The summed E-state index contributed by atoms with van der Waals surface area (Å²) in [6, 6.07) is 21.4. The molecule has 0 saturated heterocycles. The number of anilines is 2. The molecule has 0 aliphatic heterocycles. The quantitative estimate of drug-likeness (QED) is 0.572. The van der Waals surface area contributed by atoms with Gasteiger partial charge in [-0.2, -0.15) is 0 Å². The van der Waals surface area contributed by atoms with Crippen molar-refractivity contribution in [2.24, 2.45) is 0 Å². The SMILES string of the molecule is CCOc1ccccc1NC(=O)COc1ccc(C(=O)Nc2ccccc2C)cc1. The fourth-order valence-corrected chi connectivity index (χ4v) is 2.80. The Bertz CT molecular complexity index is 1020. The average Bonchev–Trinajstić information content (AvgIpc) is 2.76. The highest BCUT2D eigenvalue weighted by Gasteiger charge is 2.10. The van der Waals surface area contributed by atoms with E-state index in [1.54, 1.807) is 36.4 Å². The van der Waals surface area contributed by atoms with Crippen LogP contribution in [-0.2, 0) is 4.79 Å². The highest BCUT2D eigenvalue weighted by Crippen LogP contribution is 2.23. The van der Waals surface area contributed by atoms with E-state index in [-0.39, 0.29) is 18.4 Å². The Labute approximate surface area is 175 Å². The minimum Gasteiger partial charge on any atom is -0.492 e. The average molecular weight is 404 g/mol. The fourth-order valence-electron chi connectivity index (χ4n) is 2.80. The van der Waals surface area contributed by atoms with Crippen molar-refractivity contribution in [3.05, 3.63) is 83.9 Å². The molecule has 0 atom stereocenters. The first-order valence-electron chi connectivity index (χ1n) is 9.68. The predicted molar refractivity (Wildman–Crippen MR) is 117 cm³/mol. The van der Waals surface area contributed by atoms with Crippen LogP contribution in [0.5, 0.6) is 11.5 Å². The van der Waals surface area contributed by atoms with Gasteiger partial charge < -0.3 is 20.1 Å². The second-order valence-electron chi connectivity index (χ2n) is 6.56. The summed E-state index contributed by atoms with van der Waals surface area (Å²) < 4.78 is 11.0. The van der Waals surface area contributed by atoms with Crippen LogP contribution in [0.2, 0.25) is 0 Å². The molecule has 0 unspecified atom stereocenters. The molecule has 0 spiro atoms. The van der Waals surface area contributed by atoms with E-state index in [1.165, 1.54) is 0 Å². The van der Waals surface area contributed by atoms with Gasteiger partial charge >= 0.3 is 0 Å². The van der Waals surface area contributed by atoms with Crippen LogP contribution >= 0.6 is 0 Å². The lowest BCUT2D eigenvalue weighted by atomic mass is 10.1. The van der Waals surface area contributed by atoms with Crippen LogP contribution in [0.4, 0.5) is 11.4 Å². The summed E-state index contributed by atoms with van der Waals surface area (Å²) in [6.07, 6.45) is 0. The number of hydrogen-bond acceptors (Lipinski definition) is 4. The second-order valence-corrected chi connectivity index (χ2v) is 6.56. The van der Waals surface area contributed by atoms with Crippen LogP contribution in [0, 0.1) is 6.92 Å². The summed E-state index contributed by atoms with van der Waals surface area (Å²) >= 11 is 0. The van der Waals surface area contributed by atoms with E-state index in [4.69, 9.17) is 9.47 Å². The van der Waals surface area contributed by atoms with Crippen molar-refractivity contribution in [3.63, 3.8) is 0 Å². The number of amides is 2. The smallest absolute Gasteiger partial charge is 0.262 e. The lowest BCUT2D eigenvalue weighted by Gasteiger charge is -2.12. The van der Waals surface area contributed by atoms with Gasteiger partial charge in [0.15, 0.2) is 6.61 Å². The molecule has 6 nitrogen and oxygen atoms in total. The van der Waals surface area contributed by atoms with Gasteiger partial charge in [0, 0.05) is 11.3 Å². The zero-order valence-electron chi connectivity index (χ0n) is 17.0. The lowest BCUT2D eigenvalue weighted by Crippen LogP contribution is -2.20. The third-order valence-corrected chi connectivity index (χ3v) is 4.34. The highest BCUT2D eigenvalue weighted by atomic mass is 16.5. The zero-order valence-corrected chi connectivity index (χ0v) is 17.0. The molecule has 0 aromatic heterocycles. The van der Waals surface area contributed by atoms with Crippen LogP contribution in [0.1, 0.15) is 22.8 Å². The van der Waals surface area contributed by atoms with Gasteiger partial charge in [-0.05, 0) is 61.9 Å². The first kappa shape index (κ1) is 20.9. The molecule has 0 radical (unpaired) electrons. The van der Waals surface area contributed by atoms with E-state index >= 15 is 0 Å². The first-order chi connectivity index (χ1) is 14.6. The molecule has 0 heterocycles. The molecule has 2 amide bonds. The highest BCUT2D eigenvalue weighted by molar-refractivity contribution is 6.04. The third kappa shape index (κ3) is 5.61. The number of rotatable bonds is 8. The van der Waals surface area contributed by atoms with Gasteiger partial charge in [-0.15, -0.1) is 0 Å². The summed E-state index contributed by atoms with van der Waals surface area (Å²) in [7, 11) is 0. The van der Waals surface area contributed by atoms with E-state index in [1.807, 2.05) is 50.2 Å². The standard InChI is InChI=1S/C24H24N2O4/c1-3-29-22-11-7-6-10-21(22)25-23(27)16-30-19-14-12-18(13-15-19)24(28)26-20-9-5-4-8-17(20)2/h4-15H,3,16H2,1-2H3,(H,25,27)(H,26,28). The van der Waals surface area contributed by atoms with Crippen LogP contribution in [0.3, 0.4) is 0 Å². The Hall–Kier alpha value is -3.80. The number of aryl methyl sites for hydroxylation is 1. The van der Waals surface area contributed by atoms with Crippen LogP contribution in [-0.4, -0.2) is 25.0 Å². The van der Waals surface area contributed by atoms with Gasteiger partial charge in [-0.3, -0.25) is 9.59 Å². The molecule has 30 heavy (non-hydrogen) atoms. The van der Waals surface area contributed by atoms with E-state index in [0.29, 0.717) is 29.4 Å².